The van der Waals surface area contributed by atoms with Crippen molar-refractivity contribution in [2.45, 2.75) is 25.3 Å². The topological polar surface area (TPSA) is 78.4 Å². The van der Waals surface area contributed by atoms with Crippen molar-refractivity contribution in [3.05, 3.63) is 39.9 Å². The van der Waals surface area contributed by atoms with Crippen molar-refractivity contribution in [3.8, 4) is 0 Å². The van der Waals surface area contributed by atoms with Crippen LogP contribution in [0.2, 0.25) is 0 Å². The summed E-state index contributed by atoms with van der Waals surface area (Å²) in [6.07, 6.45) is 2.60. The summed E-state index contributed by atoms with van der Waals surface area (Å²) in [4.78, 5) is 10.6. The Morgan fingerprint density at radius 2 is 2.28 bits per heavy atom. The Bertz CT molecular complexity index is 416. The van der Waals surface area contributed by atoms with Gasteiger partial charge in [0.05, 0.1) is 11.5 Å². The minimum Gasteiger partial charge on any atom is -0.381 e. The Labute approximate surface area is 106 Å². The monoisotopic (exact) mass is 250 g/mol. The van der Waals surface area contributed by atoms with Gasteiger partial charge < -0.3 is 10.5 Å². The molecule has 0 aromatic heterocycles. The molecule has 0 spiro atoms. The molecule has 0 saturated carbocycles. The number of nitrogens with two attached hydrogens (primary N) is 1. The standard InChI is InChI=1S/C13H18N2O3/c14-12(11-5-3-7-18-9-11)8-10-4-1-2-6-13(10)15(16)17/h1-2,4,6,11-12H,3,5,7-9,14H2. The first-order chi connectivity index (χ1) is 8.68. The zero-order valence-corrected chi connectivity index (χ0v) is 10.2. The summed E-state index contributed by atoms with van der Waals surface area (Å²) in [7, 11) is 0. The van der Waals surface area contributed by atoms with E-state index in [0.717, 1.165) is 19.4 Å². The van der Waals surface area contributed by atoms with E-state index in [0.29, 0.717) is 24.5 Å². The van der Waals surface area contributed by atoms with Crippen LogP contribution in [-0.2, 0) is 11.2 Å². The maximum atomic E-state index is 10.9. The SMILES string of the molecule is NC(Cc1ccccc1[N+](=O)[O-])C1CCCOC1. The number of benzene rings is 1. The number of nitro groups is 1. The predicted octanol–water partition coefficient (Wildman–Crippen LogP) is 1.89. The Morgan fingerprint density at radius 1 is 1.50 bits per heavy atom. The molecule has 5 heteroatoms. The lowest BCUT2D eigenvalue weighted by Gasteiger charge is -2.27. The van der Waals surface area contributed by atoms with Gasteiger partial charge in [-0.2, -0.15) is 0 Å². The molecule has 0 bridgehead atoms. The smallest absolute Gasteiger partial charge is 0.272 e. The van der Waals surface area contributed by atoms with Crippen LogP contribution in [0.4, 0.5) is 5.69 Å². The van der Waals surface area contributed by atoms with Gasteiger partial charge in [0.1, 0.15) is 0 Å². The summed E-state index contributed by atoms with van der Waals surface area (Å²) in [6, 6.07) is 6.72. The molecule has 2 atom stereocenters. The molecule has 1 heterocycles. The molecule has 1 aromatic rings. The molecule has 2 unspecified atom stereocenters. The fraction of sp³-hybridized carbons (Fsp3) is 0.538. The molecule has 2 rings (SSSR count). The molecule has 0 aliphatic carbocycles. The molecule has 1 aromatic carbocycles. The average molecular weight is 250 g/mol. The summed E-state index contributed by atoms with van der Waals surface area (Å²) < 4.78 is 5.40. The van der Waals surface area contributed by atoms with Gasteiger partial charge in [-0.3, -0.25) is 10.1 Å². The number of nitrogens with zero attached hydrogens (tertiary/aromatic N) is 1. The van der Waals surface area contributed by atoms with Gasteiger partial charge in [0.2, 0.25) is 0 Å². The number of hydrogen-bond acceptors (Lipinski definition) is 4. The molecule has 1 saturated heterocycles. The highest BCUT2D eigenvalue weighted by Crippen LogP contribution is 2.23. The Balaban J connectivity index is 2.06. The Morgan fingerprint density at radius 3 is 2.94 bits per heavy atom. The third-order valence-electron chi connectivity index (χ3n) is 3.44. The van der Waals surface area contributed by atoms with Crippen molar-refractivity contribution in [3.63, 3.8) is 0 Å². The van der Waals surface area contributed by atoms with E-state index in [1.807, 2.05) is 6.07 Å². The summed E-state index contributed by atoms with van der Waals surface area (Å²) in [6.45, 7) is 1.47. The second-order valence-electron chi connectivity index (χ2n) is 4.73. The number of nitro benzene ring substituents is 1. The maximum absolute atomic E-state index is 10.9. The number of ether oxygens (including phenoxy) is 1. The van der Waals surface area contributed by atoms with E-state index in [1.54, 1.807) is 12.1 Å². The summed E-state index contributed by atoms with van der Waals surface area (Å²) in [5, 5.41) is 10.9. The average Bonchev–Trinajstić information content (AvgIpc) is 2.40. The molecule has 1 fully saturated rings. The number of para-hydroxylation sites is 1. The van der Waals surface area contributed by atoms with Crippen LogP contribution in [0.25, 0.3) is 0 Å². The molecule has 1 aliphatic rings. The number of hydrogen-bond donors (Lipinski definition) is 1. The normalized spacial score (nSPS) is 21.5. The molecule has 5 nitrogen and oxygen atoms in total. The van der Waals surface area contributed by atoms with Crippen LogP contribution in [0.1, 0.15) is 18.4 Å². The van der Waals surface area contributed by atoms with Crippen molar-refractivity contribution < 1.29 is 9.66 Å². The lowest BCUT2D eigenvalue weighted by molar-refractivity contribution is -0.385. The van der Waals surface area contributed by atoms with Crippen molar-refractivity contribution in [1.82, 2.24) is 0 Å². The second kappa shape index (κ2) is 5.93. The van der Waals surface area contributed by atoms with Crippen LogP contribution in [0.3, 0.4) is 0 Å². The van der Waals surface area contributed by atoms with E-state index < -0.39 is 0 Å². The van der Waals surface area contributed by atoms with E-state index in [-0.39, 0.29) is 16.7 Å². The van der Waals surface area contributed by atoms with E-state index in [1.165, 1.54) is 6.07 Å². The van der Waals surface area contributed by atoms with Crippen LogP contribution in [0.5, 0.6) is 0 Å². The maximum Gasteiger partial charge on any atom is 0.272 e. The Kier molecular flexibility index (Phi) is 4.28. The second-order valence-corrected chi connectivity index (χ2v) is 4.73. The van der Waals surface area contributed by atoms with Crippen molar-refractivity contribution in [2.75, 3.05) is 13.2 Å². The van der Waals surface area contributed by atoms with Crippen LogP contribution in [-0.4, -0.2) is 24.2 Å². The molecule has 0 amide bonds. The van der Waals surface area contributed by atoms with E-state index >= 15 is 0 Å². The van der Waals surface area contributed by atoms with Gasteiger partial charge in [-0.1, -0.05) is 18.2 Å². The highest BCUT2D eigenvalue weighted by Gasteiger charge is 2.23. The van der Waals surface area contributed by atoms with Gasteiger partial charge >= 0.3 is 0 Å². The van der Waals surface area contributed by atoms with Crippen molar-refractivity contribution in [2.24, 2.45) is 11.7 Å². The van der Waals surface area contributed by atoms with Gasteiger partial charge in [-0.15, -0.1) is 0 Å². The molecule has 2 N–H and O–H groups in total. The highest BCUT2D eigenvalue weighted by atomic mass is 16.6. The third kappa shape index (κ3) is 3.05. The lowest BCUT2D eigenvalue weighted by atomic mass is 9.89. The van der Waals surface area contributed by atoms with Gasteiger partial charge in [-0.05, 0) is 25.2 Å². The molecular formula is C13H18N2O3. The zero-order chi connectivity index (χ0) is 13.0. The summed E-state index contributed by atoms with van der Waals surface area (Å²) >= 11 is 0. The highest BCUT2D eigenvalue weighted by molar-refractivity contribution is 5.40. The molecular weight excluding hydrogens is 232 g/mol. The largest absolute Gasteiger partial charge is 0.381 e. The molecule has 1 aliphatic heterocycles. The minimum absolute atomic E-state index is 0.0774. The number of rotatable bonds is 4. The first-order valence-corrected chi connectivity index (χ1v) is 6.24. The molecule has 18 heavy (non-hydrogen) atoms. The molecule has 0 radical (unpaired) electrons. The summed E-state index contributed by atoms with van der Waals surface area (Å²) in [5.41, 5.74) is 7.01. The van der Waals surface area contributed by atoms with Gasteiger partial charge in [0.25, 0.3) is 5.69 Å². The summed E-state index contributed by atoms with van der Waals surface area (Å²) in [5.74, 6) is 0.304. The quantitative estimate of drug-likeness (QED) is 0.653. The first-order valence-electron chi connectivity index (χ1n) is 6.24. The van der Waals surface area contributed by atoms with Gasteiger partial charge in [0.15, 0.2) is 0 Å². The lowest BCUT2D eigenvalue weighted by Crippen LogP contribution is -2.37. The fourth-order valence-electron chi connectivity index (χ4n) is 2.39. The van der Waals surface area contributed by atoms with Crippen LogP contribution in [0, 0.1) is 16.0 Å². The van der Waals surface area contributed by atoms with E-state index in [2.05, 4.69) is 0 Å². The predicted molar refractivity (Wildman–Crippen MR) is 68.3 cm³/mol. The van der Waals surface area contributed by atoms with Gasteiger partial charge in [-0.25, -0.2) is 0 Å². The van der Waals surface area contributed by atoms with E-state index in [4.69, 9.17) is 10.5 Å². The third-order valence-corrected chi connectivity index (χ3v) is 3.44. The zero-order valence-electron chi connectivity index (χ0n) is 10.2. The fourth-order valence-corrected chi connectivity index (χ4v) is 2.39. The van der Waals surface area contributed by atoms with Crippen LogP contribution < -0.4 is 5.73 Å². The minimum atomic E-state index is -0.348. The first kappa shape index (κ1) is 13.0. The molecule has 98 valence electrons. The Hall–Kier alpha value is -1.46. The van der Waals surface area contributed by atoms with Gasteiger partial charge in [0, 0.05) is 24.3 Å². The van der Waals surface area contributed by atoms with Crippen LogP contribution in [0.15, 0.2) is 24.3 Å². The van der Waals surface area contributed by atoms with Crippen molar-refractivity contribution in [1.29, 1.82) is 0 Å². The van der Waals surface area contributed by atoms with E-state index in [9.17, 15) is 10.1 Å². The van der Waals surface area contributed by atoms with Crippen LogP contribution >= 0.6 is 0 Å². The van der Waals surface area contributed by atoms with Crippen molar-refractivity contribution >= 4 is 5.69 Å².